The maximum atomic E-state index is 13.5. The van der Waals surface area contributed by atoms with Gasteiger partial charge in [0.15, 0.2) is 0 Å². The van der Waals surface area contributed by atoms with Gasteiger partial charge in [0.05, 0.1) is 11.0 Å². The summed E-state index contributed by atoms with van der Waals surface area (Å²) in [4.78, 5) is 26.0. The van der Waals surface area contributed by atoms with Crippen LogP contribution in [0.2, 0.25) is 0 Å². The second-order valence-corrected chi connectivity index (χ2v) is 8.74. The van der Waals surface area contributed by atoms with E-state index in [1.54, 1.807) is 44.2 Å². The number of hydrogen-bond acceptors (Lipinski definition) is 6. The van der Waals surface area contributed by atoms with Gasteiger partial charge in [-0.25, -0.2) is 4.79 Å². The van der Waals surface area contributed by atoms with Crippen molar-refractivity contribution >= 4 is 16.8 Å². The molecule has 1 atom stereocenters. The number of fused-ring (bicyclic) bond motifs is 3. The standard InChI is InChI=1S/C27H22O6/c1-27(2,31)19-13-18-25-21(17(14-20(28)33-25)15-9-5-3-6-10-15)24(30)22(26(18)32-19)23(29)16-11-7-4-8-12-16/h3-12,14,19,30-31H,13H2,1-2H3/t19-/m1/s1. The summed E-state index contributed by atoms with van der Waals surface area (Å²) in [7, 11) is 0. The zero-order valence-electron chi connectivity index (χ0n) is 18.2. The van der Waals surface area contributed by atoms with E-state index in [1.165, 1.54) is 6.07 Å². The fourth-order valence-electron chi connectivity index (χ4n) is 4.30. The molecule has 4 aromatic rings. The molecule has 6 heteroatoms. The van der Waals surface area contributed by atoms with Crippen molar-refractivity contribution in [3.8, 4) is 22.6 Å². The Balaban J connectivity index is 1.87. The van der Waals surface area contributed by atoms with E-state index < -0.39 is 23.1 Å². The third-order valence-electron chi connectivity index (χ3n) is 6.00. The Labute approximate surface area is 189 Å². The lowest BCUT2D eigenvalue weighted by Crippen LogP contribution is -2.39. The highest BCUT2D eigenvalue weighted by Crippen LogP contribution is 2.48. The van der Waals surface area contributed by atoms with Crippen LogP contribution in [-0.2, 0) is 6.42 Å². The molecule has 2 N–H and O–H groups in total. The summed E-state index contributed by atoms with van der Waals surface area (Å²) in [5, 5.41) is 22.3. The molecule has 5 rings (SSSR count). The van der Waals surface area contributed by atoms with Gasteiger partial charge in [-0.1, -0.05) is 60.7 Å². The number of phenolic OH excluding ortho intramolecular Hbond substituents is 1. The number of carbonyl (C=O) groups excluding carboxylic acids is 1. The first-order chi connectivity index (χ1) is 15.8. The monoisotopic (exact) mass is 442 g/mol. The normalized spacial score (nSPS) is 15.3. The first-order valence-electron chi connectivity index (χ1n) is 10.7. The van der Waals surface area contributed by atoms with Crippen LogP contribution in [0.25, 0.3) is 22.1 Å². The second-order valence-electron chi connectivity index (χ2n) is 8.74. The zero-order valence-corrected chi connectivity index (χ0v) is 18.2. The highest BCUT2D eigenvalue weighted by molar-refractivity contribution is 6.17. The van der Waals surface area contributed by atoms with E-state index in [0.717, 1.165) is 0 Å². The van der Waals surface area contributed by atoms with Gasteiger partial charge >= 0.3 is 5.63 Å². The Kier molecular flexibility index (Phi) is 4.83. The van der Waals surface area contributed by atoms with Gasteiger partial charge in [0.2, 0.25) is 5.78 Å². The molecule has 3 aromatic carbocycles. The molecule has 0 aliphatic carbocycles. The number of aromatic hydroxyl groups is 1. The molecule has 0 bridgehead atoms. The van der Waals surface area contributed by atoms with Gasteiger partial charge in [-0.15, -0.1) is 0 Å². The van der Waals surface area contributed by atoms with Crippen LogP contribution in [0, 0.1) is 0 Å². The average molecular weight is 442 g/mol. The fourth-order valence-corrected chi connectivity index (χ4v) is 4.30. The molecule has 0 spiro atoms. The van der Waals surface area contributed by atoms with Crippen LogP contribution in [0.15, 0.2) is 75.9 Å². The second kappa shape index (κ2) is 7.60. The SMILES string of the molecule is CC(C)(O)[C@H]1Cc2c(c(C(=O)c3ccccc3)c(O)c3c(-c4ccccc4)cc(=O)oc23)O1. The van der Waals surface area contributed by atoms with Crippen LogP contribution < -0.4 is 10.4 Å². The highest BCUT2D eigenvalue weighted by atomic mass is 16.5. The maximum Gasteiger partial charge on any atom is 0.336 e. The van der Waals surface area contributed by atoms with Gasteiger partial charge in [-0.2, -0.15) is 0 Å². The molecule has 1 aliphatic heterocycles. The predicted octanol–water partition coefficient (Wildman–Crippen LogP) is 4.47. The molecule has 33 heavy (non-hydrogen) atoms. The Hall–Kier alpha value is -3.90. The molecule has 6 nitrogen and oxygen atoms in total. The van der Waals surface area contributed by atoms with Crippen LogP contribution in [0.3, 0.4) is 0 Å². The van der Waals surface area contributed by atoms with E-state index in [2.05, 4.69) is 0 Å². The van der Waals surface area contributed by atoms with E-state index in [1.807, 2.05) is 30.3 Å². The quantitative estimate of drug-likeness (QED) is 0.358. The van der Waals surface area contributed by atoms with Crippen LogP contribution in [0.4, 0.5) is 0 Å². The molecule has 0 fully saturated rings. The van der Waals surface area contributed by atoms with Crippen molar-refractivity contribution < 1.29 is 24.2 Å². The molecule has 0 saturated carbocycles. The summed E-state index contributed by atoms with van der Waals surface area (Å²) in [6.07, 6.45) is -0.475. The van der Waals surface area contributed by atoms with E-state index >= 15 is 0 Å². The van der Waals surface area contributed by atoms with Gasteiger partial charge in [-0.05, 0) is 19.4 Å². The van der Waals surface area contributed by atoms with Gasteiger partial charge in [0.25, 0.3) is 0 Å². The molecule has 1 aromatic heterocycles. The molecular formula is C27H22O6. The van der Waals surface area contributed by atoms with Crippen molar-refractivity contribution in [3.63, 3.8) is 0 Å². The lowest BCUT2D eigenvalue weighted by atomic mass is 9.90. The van der Waals surface area contributed by atoms with Crippen LogP contribution in [0.5, 0.6) is 11.5 Å². The van der Waals surface area contributed by atoms with Crippen molar-refractivity contribution in [1.29, 1.82) is 0 Å². The minimum absolute atomic E-state index is 0.0125. The molecule has 1 aliphatic rings. The molecular weight excluding hydrogens is 420 g/mol. The molecule has 0 amide bonds. The van der Waals surface area contributed by atoms with Crippen molar-refractivity contribution in [2.45, 2.75) is 32.0 Å². The average Bonchev–Trinajstić information content (AvgIpc) is 3.25. The summed E-state index contributed by atoms with van der Waals surface area (Å²) in [5.74, 6) is -0.612. The third-order valence-corrected chi connectivity index (χ3v) is 6.00. The molecule has 166 valence electrons. The van der Waals surface area contributed by atoms with Crippen LogP contribution in [-0.4, -0.2) is 27.7 Å². The first-order valence-corrected chi connectivity index (χ1v) is 10.7. The lowest BCUT2D eigenvalue weighted by molar-refractivity contribution is -0.0231. The molecule has 0 radical (unpaired) electrons. The van der Waals surface area contributed by atoms with Gasteiger partial charge in [-0.3, -0.25) is 4.79 Å². The summed E-state index contributed by atoms with van der Waals surface area (Å²) >= 11 is 0. The van der Waals surface area contributed by atoms with E-state index in [9.17, 15) is 19.8 Å². The Morgan fingerprint density at radius 2 is 1.67 bits per heavy atom. The maximum absolute atomic E-state index is 13.5. The molecule has 0 unspecified atom stereocenters. The Morgan fingerprint density at radius 1 is 1.03 bits per heavy atom. The fraction of sp³-hybridized carbons (Fsp3) is 0.185. The minimum Gasteiger partial charge on any atom is -0.506 e. The number of ketones is 1. The summed E-state index contributed by atoms with van der Waals surface area (Å²) < 4.78 is 11.6. The Morgan fingerprint density at radius 3 is 2.30 bits per heavy atom. The number of rotatable bonds is 4. The van der Waals surface area contributed by atoms with Gasteiger partial charge in [0.1, 0.15) is 28.7 Å². The summed E-state index contributed by atoms with van der Waals surface area (Å²) in [6.45, 7) is 3.21. The molecule has 2 heterocycles. The zero-order chi connectivity index (χ0) is 23.3. The topological polar surface area (TPSA) is 97.0 Å². The number of ether oxygens (including phenoxy) is 1. The van der Waals surface area contributed by atoms with E-state index in [-0.39, 0.29) is 34.5 Å². The van der Waals surface area contributed by atoms with Crippen LogP contribution in [0.1, 0.15) is 35.3 Å². The first kappa shape index (κ1) is 21.0. The van der Waals surface area contributed by atoms with Crippen molar-refractivity contribution in [1.82, 2.24) is 0 Å². The summed E-state index contributed by atoms with van der Waals surface area (Å²) in [6, 6.07) is 19.0. The van der Waals surface area contributed by atoms with Crippen molar-refractivity contribution in [2.24, 2.45) is 0 Å². The van der Waals surface area contributed by atoms with Gasteiger partial charge < -0.3 is 19.4 Å². The van der Waals surface area contributed by atoms with Crippen molar-refractivity contribution in [2.75, 3.05) is 0 Å². The highest BCUT2D eigenvalue weighted by Gasteiger charge is 2.41. The number of aliphatic hydroxyl groups is 1. The number of carbonyl (C=O) groups is 1. The van der Waals surface area contributed by atoms with Crippen molar-refractivity contribution in [3.05, 3.63) is 93.8 Å². The predicted molar refractivity (Wildman–Crippen MR) is 124 cm³/mol. The van der Waals surface area contributed by atoms with Gasteiger partial charge in [0, 0.05) is 29.2 Å². The largest absolute Gasteiger partial charge is 0.506 e. The summed E-state index contributed by atoms with van der Waals surface area (Å²) in [5.41, 5.74) is 0.333. The van der Waals surface area contributed by atoms with E-state index in [4.69, 9.17) is 9.15 Å². The smallest absolute Gasteiger partial charge is 0.336 e. The number of benzene rings is 3. The minimum atomic E-state index is -1.23. The third kappa shape index (κ3) is 3.49. The van der Waals surface area contributed by atoms with E-state index in [0.29, 0.717) is 22.3 Å². The number of hydrogen-bond donors (Lipinski definition) is 2. The Bertz CT molecular complexity index is 1430. The number of phenols is 1. The van der Waals surface area contributed by atoms with Crippen LogP contribution >= 0.6 is 0 Å². The lowest BCUT2D eigenvalue weighted by Gasteiger charge is -2.24. The molecule has 0 saturated heterocycles.